The molecule has 1 aliphatic rings. The predicted molar refractivity (Wildman–Crippen MR) is 96.8 cm³/mol. The zero-order valence-electron chi connectivity index (χ0n) is 12.7. The summed E-state index contributed by atoms with van der Waals surface area (Å²) in [5.41, 5.74) is 1.98. The van der Waals surface area contributed by atoms with Crippen LogP contribution in [0.4, 0.5) is 0 Å². The number of halogens is 2. The molecule has 1 saturated heterocycles. The minimum absolute atomic E-state index is 0.0854. The van der Waals surface area contributed by atoms with Crippen LogP contribution in [0.1, 0.15) is 15.9 Å². The summed E-state index contributed by atoms with van der Waals surface area (Å²) in [5.74, 6) is 0.0854. The van der Waals surface area contributed by atoms with Gasteiger partial charge in [-0.15, -0.1) is 0 Å². The van der Waals surface area contributed by atoms with Gasteiger partial charge >= 0.3 is 0 Å². The van der Waals surface area contributed by atoms with Crippen molar-refractivity contribution in [2.75, 3.05) is 26.2 Å². The van der Waals surface area contributed by atoms with Crippen LogP contribution in [-0.2, 0) is 6.54 Å². The van der Waals surface area contributed by atoms with Gasteiger partial charge in [0.05, 0.1) is 0 Å². The fourth-order valence-corrected chi connectivity index (χ4v) is 3.29. The van der Waals surface area contributed by atoms with Gasteiger partial charge in [-0.2, -0.15) is 0 Å². The van der Waals surface area contributed by atoms with Crippen LogP contribution in [0, 0.1) is 0 Å². The minimum atomic E-state index is 0.0854. The maximum absolute atomic E-state index is 12.5. The Labute approximate surface area is 150 Å². The van der Waals surface area contributed by atoms with Crippen molar-refractivity contribution in [3.63, 3.8) is 0 Å². The normalized spacial score (nSPS) is 15.7. The van der Waals surface area contributed by atoms with Crippen molar-refractivity contribution in [3.8, 4) is 0 Å². The average Bonchev–Trinajstić information content (AvgIpc) is 2.58. The lowest BCUT2D eigenvalue weighted by Crippen LogP contribution is -2.48. The molecular weight excluding hydrogens is 376 g/mol. The number of benzene rings is 2. The standard InChI is InChI=1S/C18H18BrClN2O/c19-17-4-2-1-3-15(17)13-21-9-11-22(12-10-21)18(23)14-5-7-16(20)8-6-14/h1-8H,9-13H2. The van der Waals surface area contributed by atoms with E-state index in [1.54, 1.807) is 24.3 Å². The Balaban J connectivity index is 1.57. The quantitative estimate of drug-likeness (QED) is 0.785. The summed E-state index contributed by atoms with van der Waals surface area (Å²) in [6, 6.07) is 15.4. The molecule has 3 rings (SSSR count). The number of rotatable bonds is 3. The summed E-state index contributed by atoms with van der Waals surface area (Å²) in [6.07, 6.45) is 0. The monoisotopic (exact) mass is 392 g/mol. The van der Waals surface area contributed by atoms with Gasteiger partial charge in [0.25, 0.3) is 5.91 Å². The summed E-state index contributed by atoms with van der Waals surface area (Å²) >= 11 is 9.47. The lowest BCUT2D eigenvalue weighted by atomic mass is 10.1. The van der Waals surface area contributed by atoms with E-state index in [0.29, 0.717) is 10.6 Å². The van der Waals surface area contributed by atoms with Gasteiger partial charge in [-0.25, -0.2) is 0 Å². The van der Waals surface area contributed by atoms with Crippen LogP contribution in [0.25, 0.3) is 0 Å². The average molecular weight is 394 g/mol. The molecule has 3 nitrogen and oxygen atoms in total. The highest BCUT2D eigenvalue weighted by molar-refractivity contribution is 9.10. The largest absolute Gasteiger partial charge is 0.336 e. The molecule has 1 fully saturated rings. The van der Waals surface area contributed by atoms with E-state index < -0.39 is 0 Å². The molecule has 120 valence electrons. The molecular formula is C18H18BrClN2O. The summed E-state index contributed by atoms with van der Waals surface area (Å²) in [5, 5.41) is 0.653. The Morgan fingerprint density at radius 3 is 2.30 bits per heavy atom. The van der Waals surface area contributed by atoms with Gasteiger partial charge in [-0.05, 0) is 35.9 Å². The van der Waals surface area contributed by atoms with Crippen LogP contribution in [0.2, 0.25) is 5.02 Å². The van der Waals surface area contributed by atoms with E-state index in [1.165, 1.54) is 5.56 Å². The first-order valence-corrected chi connectivity index (χ1v) is 8.81. The highest BCUT2D eigenvalue weighted by atomic mass is 79.9. The first-order chi connectivity index (χ1) is 11.1. The zero-order valence-corrected chi connectivity index (χ0v) is 15.1. The SMILES string of the molecule is O=C(c1ccc(Cl)cc1)N1CCN(Cc2ccccc2Br)CC1. The summed E-state index contributed by atoms with van der Waals surface area (Å²) in [4.78, 5) is 16.8. The summed E-state index contributed by atoms with van der Waals surface area (Å²) in [7, 11) is 0. The molecule has 0 aromatic heterocycles. The van der Waals surface area contributed by atoms with Crippen molar-refractivity contribution in [2.45, 2.75) is 6.54 Å². The molecule has 1 aliphatic heterocycles. The molecule has 5 heteroatoms. The molecule has 23 heavy (non-hydrogen) atoms. The third-order valence-electron chi connectivity index (χ3n) is 4.10. The van der Waals surface area contributed by atoms with Crippen LogP contribution in [0.3, 0.4) is 0 Å². The number of nitrogens with zero attached hydrogens (tertiary/aromatic N) is 2. The number of hydrogen-bond acceptors (Lipinski definition) is 2. The molecule has 0 aliphatic carbocycles. The predicted octanol–water partition coefficient (Wildman–Crippen LogP) is 4.06. The second-order valence-electron chi connectivity index (χ2n) is 5.67. The van der Waals surface area contributed by atoms with Crippen molar-refractivity contribution in [1.82, 2.24) is 9.80 Å². The van der Waals surface area contributed by atoms with Crippen LogP contribution < -0.4 is 0 Å². The van der Waals surface area contributed by atoms with Crippen LogP contribution in [-0.4, -0.2) is 41.9 Å². The Morgan fingerprint density at radius 1 is 1.00 bits per heavy atom. The number of amides is 1. The molecule has 2 aromatic rings. The number of carbonyl (C=O) groups excluding carboxylic acids is 1. The Morgan fingerprint density at radius 2 is 1.65 bits per heavy atom. The molecule has 0 atom stereocenters. The zero-order chi connectivity index (χ0) is 16.2. The van der Waals surface area contributed by atoms with Gasteiger partial charge in [0.15, 0.2) is 0 Å². The fraction of sp³-hybridized carbons (Fsp3) is 0.278. The molecule has 0 bridgehead atoms. The lowest BCUT2D eigenvalue weighted by molar-refractivity contribution is 0.0628. The van der Waals surface area contributed by atoms with E-state index in [2.05, 4.69) is 39.0 Å². The first kappa shape index (κ1) is 16.5. The van der Waals surface area contributed by atoms with E-state index in [1.807, 2.05) is 11.0 Å². The Bertz CT molecular complexity index is 682. The van der Waals surface area contributed by atoms with Crippen molar-refractivity contribution in [2.24, 2.45) is 0 Å². The topological polar surface area (TPSA) is 23.6 Å². The molecule has 0 N–H and O–H groups in total. The van der Waals surface area contributed by atoms with Gasteiger partial charge in [-0.1, -0.05) is 45.7 Å². The highest BCUT2D eigenvalue weighted by Gasteiger charge is 2.22. The third-order valence-corrected chi connectivity index (χ3v) is 5.13. The smallest absolute Gasteiger partial charge is 0.253 e. The second-order valence-corrected chi connectivity index (χ2v) is 6.96. The van der Waals surface area contributed by atoms with Crippen LogP contribution >= 0.6 is 27.5 Å². The van der Waals surface area contributed by atoms with E-state index in [-0.39, 0.29) is 5.91 Å². The summed E-state index contributed by atoms with van der Waals surface area (Å²) in [6.45, 7) is 4.20. The second kappa shape index (κ2) is 7.47. The molecule has 2 aromatic carbocycles. The van der Waals surface area contributed by atoms with Gasteiger partial charge in [0.2, 0.25) is 0 Å². The molecule has 1 heterocycles. The van der Waals surface area contributed by atoms with Gasteiger partial charge < -0.3 is 4.90 Å². The van der Waals surface area contributed by atoms with Gasteiger partial charge in [0, 0.05) is 47.8 Å². The van der Waals surface area contributed by atoms with Crippen LogP contribution in [0.5, 0.6) is 0 Å². The maximum Gasteiger partial charge on any atom is 0.253 e. The first-order valence-electron chi connectivity index (χ1n) is 7.64. The third kappa shape index (κ3) is 4.14. The number of hydrogen-bond donors (Lipinski definition) is 0. The maximum atomic E-state index is 12.5. The minimum Gasteiger partial charge on any atom is -0.336 e. The number of carbonyl (C=O) groups is 1. The van der Waals surface area contributed by atoms with Crippen molar-refractivity contribution in [1.29, 1.82) is 0 Å². The Hall–Kier alpha value is -1.36. The van der Waals surface area contributed by atoms with E-state index in [9.17, 15) is 4.79 Å². The van der Waals surface area contributed by atoms with Crippen LogP contribution in [0.15, 0.2) is 53.0 Å². The Kier molecular flexibility index (Phi) is 5.36. The van der Waals surface area contributed by atoms with Crippen molar-refractivity contribution < 1.29 is 4.79 Å². The molecule has 0 saturated carbocycles. The van der Waals surface area contributed by atoms with Gasteiger partial charge in [-0.3, -0.25) is 9.69 Å². The molecule has 0 spiro atoms. The lowest BCUT2D eigenvalue weighted by Gasteiger charge is -2.35. The van der Waals surface area contributed by atoms with Gasteiger partial charge in [0.1, 0.15) is 0 Å². The molecule has 0 radical (unpaired) electrons. The van der Waals surface area contributed by atoms with E-state index in [4.69, 9.17) is 11.6 Å². The van der Waals surface area contributed by atoms with Crippen molar-refractivity contribution >= 4 is 33.4 Å². The molecule has 0 unspecified atom stereocenters. The summed E-state index contributed by atoms with van der Waals surface area (Å²) < 4.78 is 1.14. The number of piperazine rings is 1. The van der Waals surface area contributed by atoms with E-state index >= 15 is 0 Å². The highest BCUT2D eigenvalue weighted by Crippen LogP contribution is 2.19. The molecule has 1 amide bonds. The van der Waals surface area contributed by atoms with Crippen molar-refractivity contribution in [3.05, 3.63) is 69.2 Å². The van der Waals surface area contributed by atoms with E-state index in [0.717, 1.165) is 37.2 Å². The fourth-order valence-electron chi connectivity index (χ4n) is 2.75.